The number of piperazine rings is 1. The molecule has 0 aliphatic carbocycles. The van der Waals surface area contributed by atoms with E-state index in [0.717, 1.165) is 13.0 Å². The van der Waals surface area contributed by atoms with Crippen LogP contribution in [0.3, 0.4) is 0 Å². The summed E-state index contributed by atoms with van der Waals surface area (Å²) < 4.78 is 0. The Hall–Kier alpha value is -1.08. The molecule has 1 N–H and O–H groups in total. The van der Waals surface area contributed by atoms with Gasteiger partial charge in [-0.2, -0.15) is 5.26 Å². The molecule has 0 bridgehead atoms. The van der Waals surface area contributed by atoms with Gasteiger partial charge in [0.2, 0.25) is 5.91 Å². The number of hydrogen-bond acceptors (Lipinski definition) is 3. The van der Waals surface area contributed by atoms with Crippen LogP contribution in [0.25, 0.3) is 0 Å². The van der Waals surface area contributed by atoms with Gasteiger partial charge in [-0.05, 0) is 6.42 Å². The fourth-order valence-corrected chi connectivity index (χ4v) is 1.35. The number of rotatable bonds is 2. The molecular weight excluding hydrogens is 154 g/mol. The predicted molar refractivity (Wildman–Crippen MR) is 44.3 cm³/mol. The largest absolute Gasteiger partial charge is 0.327 e. The highest BCUT2D eigenvalue weighted by Crippen LogP contribution is 2.03. The molecule has 0 aromatic rings. The normalized spacial score (nSPS) is 23.8. The van der Waals surface area contributed by atoms with E-state index < -0.39 is 0 Å². The zero-order valence-electron chi connectivity index (χ0n) is 7.21. The topological polar surface area (TPSA) is 56.1 Å². The predicted octanol–water partition coefficient (Wildman–Crippen LogP) is -0.280. The third kappa shape index (κ3) is 1.74. The molecule has 0 spiro atoms. The first-order chi connectivity index (χ1) is 5.79. The van der Waals surface area contributed by atoms with E-state index >= 15 is 0 Å². The Morgan fingerprint density at radius 1 is 1.83 bits per heavy atom. The standard InChI is InChI=1S/C8H13N3O/c1-2-7-8(12)11(5-3-9)6-4-10-7/h7,10H,2,4-6H2,1H3. The third-order valence-corrected chi connectivity index (χ3v) is 2.05. The van der Waals surface area contributed by atoms with Crippen LogP contribution in [0.15, 0.2) is 0 Å². The van der Waals surface area contributed by atoms with Crippen LogP contribution in [0.1, 0.15) is 13.3 Å². The molecule has 1 amide bonds. The van der Waals surface area contributed by atoms with E-state index in [0.29, 0.717) is 6.54 Å². The van der Waals surface area contributed by atoms with Crippen molar-refractivity contribution in [3.8, 4) is 6.07 Å². The maximum absolute atomic E-state index is 11.5. The second kappa shape index (κ2) is 4.07. The summed E-state index contributed by atoms with van der Waals surface area (Å²) >= 11 is 0. The molecule has 0 radical (unpaired) electrons. The Balaban J connectivity index is 2.54. The second-order valence-electron chi connectivity index (χ2n) is 2.83. The van der Waals surface area contributed by atoms with Gasteiger partial charge in [0.15, 0.2) is 0 Å². The van der Waals surface area contributed by atoms with Gasteiger partial charge in [-0.3, -0.25) is 4.79 Å². The summed E-state index contributed by atoms with van der Waals surface area (Å²) in [6.45, 7) is 3.64. The first-order valence-corrected chi connectivity index (χ1v) is 4.18. The number of nitrogens with one attached hydrogen (secondary N) is 1. The Morgan fingerprint density at radius 2 is 2.58 bits per heavy atom. The van der Waals surface area contributed by atoms with Gasteiger partial charge in [-0.15, -0.1) is 0 Å². The van der Waals surface area contributed by atoms with Crippen LogP contribution < -0.4 is 5.32 Å². The van der Waals surface area contributed by atoms with Crippen molar-refractivity contribution in [2.45, 2.75) is 19.4 Å². The summed E-state index contributed by atoms with van der Waals surface area (Å²) in [6.07, 6.45) is 0.792. The first kappa shape index (κ1) is 9.01. The summed E-state index contributed by atoms with van der Waals surface area (Å²) in [4.78, 5) is 13.1. The lowest BCUT2D eigenvalue weighted by Crippen LogP contribution is -2.54. The van der Waals surface area contributed by atoms with Crippen LogP contribution in [0.4, 0.5) is 0 Å². The molecule has 4 nitrogen and oxygen atoms in total. The lowest BCUT2D eigenvalue weighted by molar-refractivity contribution is -0.135. The summed E-state index contributed by atoms with van der Waals surface area (Å²) in [5.41, 5.74) is 0. The van der Waals surface area contributed by atoms with Gasteiger partial charge in [-0.25, -0.2) is 0 Å². The van der Waals surface area contributed by atoms with Crippen LogP contribution in [-0.2, 0) is 4.79 Å². The molecule has 1 aliphatic rings. The van der Waals surface area contributed by atoms with E-state index in [1.165, 1.54) is 0 Å². The maximum atomic E-state index is 11.5. The van der Waals surface area contributed by atoms with E-state index in [2.05, 4.69) is 5.32 Å². The smallest absolute Gasteiger partial charge is 0.240 e. The number of nitriles is 1. The molecular formula is C8H13N3O. The summed E-state index contributed by atoms with van der Waals surface area (Å²) in [5.74, 6) is 0.0605. The molecule has 1 aliphatic heterocycles. The van der Waals surface area contributed by atoms with Gasteiger partial charge in [0.25, 0.3) is 0 Å². The number of carbonyl (C=O) groups excluding carboxylic acids is 1. The number of amides is 1. The Morgan fingerprint density at radius 3 is 3.17 bits per heavy atom. The lowest BCUT2D eigenvalue weighted by atomic mass is 10.1. The molecule has 1 fully saturated rings. The fourth-order valence-electron chi connectivity index (χ4n) is 1.35. The Kier molecular flexibility index (Phi) is 3.06. The minimum absolute atomic E-state index is 0.0605. The van der Waals surface area contributed by atoms with Gasteiger partial charge in [-0.1, -0.05) is 6.92 Å². The Labute approximate surface area is 72.2 Å². The van der Waals surface area contributed by atoms with Crippen molar-refractivity contribution >= 4 is 5.91 Å². The third-order valence-electron chi connectivity index (χ3n) is 2.05. The fraction of sp³-hybridized carbons (Fsp3) is 0.750. The van der Waals surface area contributed by atoms with E-state index in [1.54, 1.807) is 4.90 Å². The van der Waals surface area contributed by atoms with Crippen molar-refractivity contribution in [1.29, 1.82) is 5.26 Å². The van der Waals surface area contributed by atoms with Gasteiger partial charge in [0.05, 0.1) is 12.1 Å². The van der Waals surface area contributed by atoms with E-state index in [-0.39, 0.29) is 18.5 Å². The summed E-state index contributed by atoms with van der Waals surface area (Å²) in [6, 6.07) is 1.91. The molecule has 12 heavy (non-hydrogen) atoms. The van der Waals surface area contributed by atoms with Crippen LogP contribution >= 0.6 is 0 Å². The molecule has 1 rings (SSSR count). The number of nitrogens with zero attached hydrogens (tertiary/aromatic N) is 2. The molecule has 0 aromatic carbocycles. The maximum Gasteiger partial charge on any atom is 0.240 e. The van der Waals surface area contributed by atoms with Gasteiger partial charge in [0.1, 0.15) is 6.54 Å². The van der Waals surface area contributed by atoms with Crippen LogP contribution in [0.5, 0.6) is 0 Å². The number of carbonyl (C=O) groups is 1. The second-order valence-corrected chi connectivity index (χ2v) is 2.83. The average Bonchev–Trinajstić information content (AvgIpc) is 2.09. The van der Waals surface area contributed by atoms with Crippen molar-refractivity contribution in [2.75, 3.05) is 19.6 Å². The Bertz CT molecular complexity index is 209. The highest BCUT2D eigenvalue weighted by atomic mass is 16.2. The average molecular weight is 167 g/mol. The zero-order valence-corrected chi connectivity index (χ0v) is 7.21. The summed E-state index contributed by atoms with van der Waals surface area (Å²) in [7, 11) is 0. The minimum Gasteiger partial charge on any atom is -0.327 e. The molecule has 0 aromatic heterocycles. The van der Waals surface area contributed by atoms with Crippen molar-refractivity contribution in [3.63, 3.8) is 0 Å². The van der Waals surface area contributed by atoms with Gasteiger partial charge < -0.3 is 10.2 Å². The van der Waals surface area contributed by atoms with Crippen molar-refractivity contribution in [1.82, 2.24) is 10.2 Å². The van der Waals surface area contributed by atoms with Crippen LogP contribution in [-0.4, -0.2) is 36.5 Å². The molecule has 4 heteroatoms. The molecule has 1 heterocycles. The first-order valence-electron chi connectivity index (χ1n) is 4.18. The van der Waals surface area contributed by atoms with Crippen LogP contribution in [0, 0.1) is 11.3 Å². The lowest BCUT2D eigenvalue weighted by Gasteiger charge is -2.30. The highest BCUT2D eigenvalue weighted by Gasteiger charge is 2.25. The van der Waals surface area contributed by atoms with E-state index in [9.17, 15) is 4.79 Å². The van der Waals surface area contributed by atoms with Crippen LogP contribution in [0.2, 0.25) is 0 Å². The molecule has 1 saturated heterocycles. The van der Waals surface area contributed by atoms with E-state index in [1.807, 2.05) is 13.0 Å². The van der Waals surface area contributed by atoms with Gasteiger partial charge in [0, 0.05) is 13.1 Å². The minimum atomic E-state index is -0.0768. The zero-order chi connectivity index (χ0) is 8.97. The van der Waals surface area contributed by atoms with Crippen molar-refractivity contribution in [3.05, 3.63) is 0 Å². The monoisotopic (exact) mass is 167 g/mol. The van der Waals surface area contributed by atoms with Crippen molar-refractivity contribution < 1.29 is 4.79 Å². The highest BCUT2D eigenvalue weighted by molar-refractivity contribution is 5.82. The number of hydrogen-bond donors (Lipinski definition) is 1. The molecule has 66 valence electrons. The van der Waals surface area contributed by atoms with Crippen molar-refractivity contribution in [2.24, 2.45) is 0 Å². The van der Waals surface area contributed by atoms with Gasteiger partial charge >= 0.3 is 0 Å². The SMILES string of the molecule is CCC1NCCN(CC#N)C1=O. The molecule has 1 atom stereocenters. The molecule has 1 unspecified atom stereocenters. The molecule has 0 saturated carbocycles. The van der Waals surface area contributed by atoms with E-state index in [4.69, 9.17) is 5.26 Å². The quantitative estimate of drug-likeness (QED) is 0.575. The summed E-state index contributed by atoms with van der Waals surface area (Å²) in [5, 5.41) is 11.5.